The van der Waals surface area contributed by atoms with E-state index in [0.29, 0.717) is 32.1 Å². The van der Waals surface area contributed by atoms with Crippen LogP contribution in [0.5, 0.6) is 0 Å². The number of rotatable bonds is 5. The maximum atomic E-state index is 12.0. The molecule has 1 aliphatic heterocycles. The fraction of sp³-hybridized carbons (Fsp3) is 0.533. The Balaban J connectivity index is 1.76. The molecule has 2 atom stereocenters. The van der Waals surface area contributed by atoms with E-state index in [4.69, 9.17) is 10.5 Å². The third-order valence-corrected chi connectivity index (χ3v) is 3.74. The lowest BCUT2D eigenvalue weighted by Crippen LogP contribution is -2.54. The number of nitrogens with one attached hydrogen (secondary N) is 1. The number of carbonyl (C=O) groups excluding carboxylic acids is 1. The molecule has 1 aromatic carbocycles. The smallest absolute Gasteiger partial charge is 0.242 e. The summed E-state index contributed by atoms with van der Waals surface area (Å²) in [6, 6.07) is 10.3. The minimum atomic E-state index is -0.823. The second kappa shape index (κ2) is 6.17. The summed E-state index contributed by atoms with van der Waals surface area (Å²) in [5.74, 6) is 0.334. The van der Waals surface area contributed by atoms with Gasteiger partial charge in [-0.05, 0) is 24.3 Å². The molecule has 104 valence electrons. The summed E-state index contributed by atoms with van der Waals surface area (Å²) in [5, 5.41) is 2.92. The second-order valence-electron chi connectivity index (χ2n) is 5.32. The van der Waals surface area contributed by atoms with Gasteiger partial charge in [0.25, 0.3) is 0 Å². The standard InChI is InChI=1S/C15H22N2O2/c1-12(13-5-3-2-4-6-13)7-9-17-14(18)15(16)8-10-19-11-15/h2-6,12H,7-11,16H2,1H3,(H,17,18). The summed E-state index contributed by atoms with van der Waals surface area (Å²) >= 11 is 0. The van der Waals surface area contributed by atoms with Gasteiger partial charge < -0.3 is 15.8 Å². The summed E-state index contributed by atoms with van der Waals surface area (Å²) in [6.45, 7) is 3.71. The molecular weight excluding hydrogens is 240 g/mol. The lowest BCUT2D eigenvalue weighted by molar-refractivity contribution is -0.126. The first kappa shape index (κ1) is 14.0. The van der Waals surface area contributed by atoms with E-state index in [1.165, 1.54) is 5.56 Å². The SMILES string of the molecule is CC(CCNC(=O)C1(N)CCOC1)c1ccccc1. The summed E-state index contributed by atoms with van der Waals surface area (Å²) < 4.78 is 5.19. The van der Waals surface area contributed by atoms with Crippen molar-refractivity contribution in [2.45, 2.75) is 31.2 Å². The van der Waals surface area contributed by atoms with Crippen LogP contribution in [0.1, 0.15) is 31.2 Å². The molecule has 0 spiro atoms. The fourth-order valence-corrected chi connectivity index (χ4v) is 2.29. The van der Waals surface area contributed by atoms with Crippen LogP contribution in [0.3, 0.4) is 0 Å². The van der Waals surface area contributed by atoms with Crippen LogP contribution in [0.25, 0.3) is 0 Å². The largest absolute Gasteiger partial charge is 0.379 e. The molecule has 1 aromatic rings. The van der Waals surface area contributed by atoms with Crippen LogP contribution in [-0.4, -0.2) is 31.2 Å². The van der Waals surface area contributed by atoms with Gasteiger partial charge in [0.05, 0.1) is 6.61 Å². The zero-order valence-corrected chi connectivity index (χ0v) is 11.4. The molecule has 1 saturated heterocycles. The van der Waals surface area contributed by atoms with Crippen LogP contribution in [0.15, 0.2) is 30.3 Å². The number of ether oxygens (including phenoxy) is 1. The second-order valence-corrected chi connectivity index (χ2v) is 5.32. The first-order valence-electron chi connectivity index (χ1n) is 6.82. The van der Waals surface area contributed by atoms with E-state index in [9.17, 15) is 4.79 Å². The van der Waals surface area contributed by atoms with E-state index >= 15 is 0 Å². The van der Waals surface area contributed by atoms with Crippen molar-refractivity contribution in [3.05, 3.63) is 35.9 Å². The highest BCUT2D eigenvalue weighted by Gasteiger charge is 2.37. The Morgan fingerprint density at radius 1 is 1.47 bits per heavy atom. The molecule has 2 rings (SSSR count). The van der Waals surface area contributed by atoms with Crippen LogP contribution in [0, 0.1) is 0 Å². The predicted octanol–water partition coefficient (Wildman–Crippen LogP) is 1.41. The average molecular weight is 262 g/mol. The van der Waals surface area contributed by atoms with Crippen LogP contribution in [0.4, 0.5) is 0 Å². The maximum absolute atomic E-state index is 12.0. The average Bonchev–Trinajstić information content (AvgIpc) is 2.88. The third kappa shape index (κ3) is 3.55. The Morgan fingerprint density at radius 3 is 2.84 bits per heavy atom. The van der Waals surface area contributed by atoms with Crippen molar-refractivity contribution in [2.24, 2.45) is 5.73 Å². The quantitative estimate of drug-likeness (QED) is 0.843. The Morgan fingerprint density at radius 2 is 2.21 bits per heavy atom. The predicted molar refractivity (Wildman–Crippen MR) is 74.8 cm³/mol. The fourth-order valence-electron chi connectivity index (χ4n) is 2.29. The van der Waals surface area contributed by atoms with Crippen molar-refractivity contribution in [3.8, 4) is 0 Å². The molecule has 0 aliphatic carbocycles. The van der Waals surface area contributed by atoms with Gasteiger partial charge in [-0.2, -0.15) is 0 Å². The van der Waals surface area contributed by atoms with Crippen molar-refractivity contribution in [3.63, 3.8) is 0 Å². The molecule has 1 aliphatic rings. The number of carbonyl (C=O) groups is 1. The van der Waals surface area contributed by atoms with Crippen molar-refractivity contribution in [2.75, 3.05) is 19.8 Å². The normalized spacial score (nSPS) is 24.1. The lowest BCUT2D eigenvalue weighted by Gasteiger charge is -2.21. The lowest BCUT2D eigenvalue weighted by atomic mass is 9.97. The number of nitrogens with two attached hydrogens (primary N) is 1. The van der Waals surface area contributed by atoms with E-state index in [1.807, 2.05) is 18.2 Å². The molecule has 0 bridgehead atoms. The van der Waals surface area contributed by atoms with Crippen molar-refractivity contribution in [1.29, 1.82) is 0 Å². The van der Waals surface area contributed by atoms with Crippen molar-refractivity contribution in [1.82, 2.24) is 5.32 Å². The highest BCUT2D eigenvalue weighted by molar-refractivity contribution is 5.86. The van der Waals surface area contributed by atoms with Crippen LogP contribution in [-0.2, 0) is 9.53 Å². The number of hydrogen-bond acceptors (Lipinski definition) is 3. The molecule has 1 amide bonds. The molecular formula is C15H22N2O2. The minimum Gasteiger partial charge on any atom is -0.379 e. The monoisotopic (exact) mass is 262 g/mol. The molecule has 0 saturated carbocycles. The molecule has 19 heavy (non-hydrogen) atoms. The molecule has 0 aromatic heterocycles. The summed E-state index contributed by atoms with van der Waals surface area (Å²) in [7, 11) is 0. The van der Waals surface area contributed by atoms with E-state index in [2.05, 4.69) is 24.4 Å². The van der Waals surface area contributed by atoms with Gasteiger partial charge >= 0.3 is 0 Å². The van der Waals surface area contributed by atoms with Crippen molar-refractivity contribution >= 4 is 5.91 Å². The molecule has 0 radical (unpaired) electrons. The highest BCUT2D eigenvalue weighted by atomic mass is 16.5. The number of benzene rings is 1. The van der Waals surface area contributed by atoms with E-state index in [-0.39, 0.29) is 5.91 Å². The molecule has 4 heteroatoms. The van der Waals surface area contributed by atoms with Crippen molar-refractivity contribution < 1.29 is 9.53 Å². The molecule has 2 unspecified atom stereocenters. The van der Waals surface area contributed by atoms with Gasteiger partial charge in [0.15, 0.2) is 0 Å². The third-order valence-electron chi connectivity index (χ3n) is 3.74. The van der Waals surface area contributed by atoms with Crippen LogP contribution < -0.4 is 11.1 Å². The van der Waals surface area contributed by atoms with Crippen LogP contribution >= 0.6 is 0 Å². The number of amides is 1. The van der Waals surface area contributed by atoms with Crippen LogP contribution in [0.2, 0.25) is 0 Å². The van der Waals surface area contributed by atoms with E-state index < -0.39 is 5.54 Å². The first-order chi connectivity index (χ1) is 9.12. The zero-order chi connectivity index (χ0) is 13.7. The molecule has 4 nitrogen and oxygen atoms in total. The first-order valence-corrected chi connectivity index (χ1v) is 6.82. The molecule has 1 heterocycles. The van der Waals surface area contributed by atoms with E-state index in [0.717, 1.165) is 6.42 Å². The van der Waals surface area contributed by atoms with Gasteiger partial charge in [-0.25, -0.2) is 0 Å². The maximum Gasteiger partial charge on any atom is 0.242 e. The summed E-state index contributed by atoms with van der Waals surface area (Å²) in [4.78, 5) is 12.0. The Bertz CT molecular complexity index is 413. The highest BCUT2D eigenvalue weighted by Crippen LogP contribution is 2.18. The van der Waals surface area contributed by atoms with Gasteiger partial charge in [0.2, 0.25) is 5.91 Å². The minimum absolute atomic E-state index is 0.0924. The zero-order valence-electron chi connectivity index (χ0n) is 11.4. The molecule has 3 N–H and O–H groups in total. The Labute approximate surface area is 114 Å². The summed E-state index contributed by atoms with van der Waals surface area (Å²) in [6.07, 6.45) is 1.51. The van der Waals surface area contributed by atoms with Gasteiger partial charge in [-0.3, -0.25) is 4.79 Å². The molecule has 1 fully saturated rings. The van der Waals surface area contributed by atoms with E-state index in [1.54, 1.807) is 0 Å². The van der Waals surface area contributed by atoms with Gasteiger partial charge in [-0.15, -0.1) is 0 Å². The Kier molecular flexibility index (Phi) is 4.56. The Hall–Kier alpha value is -1.39. The van der Waals surface area contributed by atoms with Gasteiger partial charge in [-0.1, -0.05) is 37.3 Å². The summed E-state index contributed by atoms with van der Waals surface area (Å²) in [5.41, 5.74) is 6.46. The topological polar surface area (TPSA) is 64.4 Å². The van der Waals surface area contributed by atoms with Gasteiger partial charge in [0, 0.05) is 13.2 Å². The number of hydrogen-bond donors (Lipinski definition) is 2. The van der Waals surface area contributed by atoms with Gasteiger partial charge in [0.1, 0.15) is 5.54 Å².